The molecule has 0 amide bonds. The molecule has 0 aliphatic rings. The van der Waals surface area contributed by atoms with E-state index >= 15 is 0 Å². The van der Waals surface area contributed by atoms with Crippen molar-refractivity contribution < 1.29 is 4.92 Å². The molecule has 29 heavy (non-hydrogen) atoms. The van der Waals surface area contributed by atoms with Gasteiger partial charge in [0, 0.05) is 5.69 Å². The number of rotatable bonds is 5. The van der Waals surface area contributed by atoms with Crippen LogP contribution in [-0.2, 0) is 0 Å². The summed E-state index contributed by atoms with van der Waals surface area (Å²) in [5.41, 5.74) is 2.05. The van der Waals surface area contributed by atoms with E-state index in [-0.39, 0.29) is 17.3 Å². The highest BCUT2D eigenvalue weighted by molar-refractivity contribution is 7.22. The normalized spacial score (nSPS) is 10.9. The molecule has 0 spiro atoms. The van der Waals surface area contributed by atoms with Crippen molar-refractivity contribution in [3.63, 3.8) is 0 Å². The first kappa shape index (κ1) is 19.3. The van der Waals surface area contributed by atoms with E-state index < -0.39 is 4.92 Å². The van der Waals surface area contributed by atoms with Gasteiger partial charge in [0.25, 0.3) is 0 Å². The number of hydrogen-bond donors (Lipinski definition) is 2. The van der Waals surface area contributed by atoms with Crippen LogP contribution in [0.1, 0.15) is 5.56 Å². The summed E-state index contributed by atoms with van der Waals surface area (Å²) in [6.45, 7) is 1.96. The molecule has 2 N–H and O–H groups in total. The van der Waals surface area contributed by atoms with E-state index in [4.69, 9.17) is 23.2 Å². The van der Waals surface area contributed by atoms with Gasteiger partial charge < -0.3 is 10.6 Å². The molecule has 0 aliphatic carbocycles. The van der Waals surface area contributed by atoms with Crippen LogP contribution in [0.5, 0.6) is 0 Å². The van der Waals surface area contributed by atoms with Crippen LogP contribution in [0.2, 0.25) is 10.0 Å². The lowest BCUT2D eigenvalue weighted by Crippen LogP contribution is -2.05. The predicted molar refractivity (Wildman–Crippen MR) is 116 cm³/mol. The molecule has 2 aromatic heterocycles. The molecule has 2 aromatic carbocycles. The molecular formula is C18H12Cl2N6O2S. The molecule has 2 heterocycles. The molecule has 0 fully saturated rings. The first-order valence-electron chi connectivity index (χ1n) is 8.27. The van der Waals surface area contributed by atoms with E-state index in [9.17, 15) is 10.1 Å². The standard InChI is InChI=1S/C18H12Cl2N6O2S/c1-9-3-2-4-13-14(9)24-18(29-13)25-17-15(26(27)28)16(21-8-22-17)23-10-5-6-11(19)12(20)7-10/h2-8H,1H3,(H2,21,22,23,24,25). The van der Waals surface area contributed by atoms with Crippen molar-refractivity contribution in [2.24, 2.45) is 0 Å². The molecule has 11 heteroatoms. The van der Waals surface area contributed by atoms with Crippen molar-refractivity contribution in [2.75, 3.05) is 10.6 Å². The molecule has 0 saturated heterocycles. The van der Waals surface area contributed by atoms with Gasteiger partial charge in [0.2, 0.25) is 11.6 Å². The Kier molecular flexibility index (Phi) is 5.18. The summed E-state index contributed by atoms with van der Waals surface area (Å²) in [7, 11) is 0. The van der Waals surface area contributed by atoms with Crippen molar-refractivity contribution in [1.82, 2.24) is 15.0 Å². The molecule has 0 aliphatic heterocycles. The SMILES string of the molecule is Cc1cccc2sc(Nc3ncnc(Nc4ccc(Cl)c(Cl)c4)c3[N+](=O)[O-])nc12. The van der Waals surface area contributed by atoms with E-state index in [1.807, 2.05) is 25.1 Å². The van der Waals surface area contributed by atoms with Gasteiger partial charge in [-0.25, -0.2) is 15.0 Å². The molecule has 146 valence electrons. The van der Waals surface area contributed by atoms with Gasteiger partial charge in [-0.05, 0) is 36.8 Å². The molecule has 4 aromatic rings. The van der Waals surface area contributed by atoms with Crippen molar-refractivity contribution >= 4 is 72.9 Å². The fourth-order valence-electron chi connectivity index (χ4n) is 2.69. The zero-order chi connectivity index (χ0) is 20.5. The summed E-state index contributed by atoms with van der Waals surface area (Å²) < 4.78 is 0.971. The average molecular weight is 447 g/mol. The Labute approximate surface area is 178 Å². The lowest BCUT2D eigenvalue weighted by atomic mass is 10.2. The van der Waals surface area contributed by atoms with E-state index in [0.717, 1.165) is 15.8 Å². The predicted octanol–water partition coefficient (Wildman–Crippen LogP) is 6.10. The molecule has 0 bridgehead atoms. The minimum absolute atomic E-state index is 0.0168. The van der Waals surface area contributed by atoms with Gasteiger partial charge in [-0.3, -0.25) is 10.1 Å². The summed E-state index contributed by atoms with van der Waals surface area (Å²) in [6, 6.07) is 10.6. The fraction of sp³-hybridized carbons (Fsp3) is 0.0556. The Morgan fingerprint density at radius 1 is 1.07 bits per heavy atom. The second kappa shape index (κ2) is 7.78. The first-order chi connectivity index (χ1) is 13.9. The van der Waals surface area contributed by atoms with E-state index in [1.165, 1.54) is 17.7 Å². The van der Waals surface area contributed by atoms with Crippen molar-refractivity contribution in [3.05, 3.63) is 68.4 Å². The summed E-state index contributed by atoms with van der Waals surface area (Å²) >= 11 is 13.3. The zero-order valence-electron chi connectivity index (χ0n) is 14.8. The topological polar surface area (TPSA) is 106 Å². The average Bonchev–Trinajstić information content (AvgIpc) is 3.08. The van der Waals surface area contributed by atoms with Gasteiger partial charge in [-0.2, -0.15) is 0 Å². The number of hydrogen-bond acceptors (Lipinski definition) is 8. The summed E-state index contributed by atoms with van der Waals surface area (Å²) in [6.07, 6.45) is 1.23. The molecule has 0 atom stereocenters. The third kappa shape index (κ3) is 3.93. The van der Waals surface area contributed by atoms with Crippen molar-refractivity contribution in [3.8, 4) is 0 Å². The van der Waals surface area contributed by atoms with Crippen LogP contribution in [0.3, 0.4) is 0 Å². The Balaban J connectivity index is 1.71. The zero-order valence-corrected chi connectivity index (χ0v) is 17.1. The number of halogens is 2. The maximum Gasteiger partial charge on any atom is 0.353 e. The van der Waals surface area contributed by atoms with E-state index in [1.54, 1.807) is 18.2 Å². The smallest absolute Gasteiger partial charge is 0.334 e. The van der Waals surface area contributed by atoms with Crippen molar-refractivity contribution in [1.29, 1.82) is 0 Å². The molecule has 4 rings (SSSR count). The Hall–Kier alpha value is -3.01. The second-order valence-electron chi connectivity index (χ2n) is 6.00. The molecule has 0 unspecified atom stereocenters. The Bertz CT molecular complexity index is 1250. The van der Waals surface area contributed by atoms with Crippen LogP contribution < -0.4 is 10.6 Å². The minimum Gasteiger partial charge on any atom is -0.334 e. The summed E-state index contributed by atoms with van der Waals surface area (Å²) in [5, 5.41) is 18.8. The molecule has 0 radical (unpaired) electrons. The number of nitrogens with zero attached hydrogens (tertiary/aromatic N) is 4. The van der Waals surface area contributed by atoms with Crippen LogP contribution in [0.4, 0.5) is 28.1 Å². The van der Waals surface area contributed by atoms with Gasteiger partial charge in [0.15, 0.2) is 5.13 Å². The Morgan fingerprint density at radius 3 is 2.52 bits per heavy atom. The number of fused-ring (bicyclic) bond motifs is 1. The Morgan fingerprint density at radius 2 is 1.83 bits per heavy atom. The highest BCUT2D eigenvalue weighted by Crippen LogP contribution is 2.36. The third-order valence-corrected chi connectivity index (χ3v) is 5.71. The number of benzene rings is 2. The number of thiazole rings is 1. The maximum absolute atomic E-state index is 11.8. The lowest BCUT2D eigenvalue weighted by molar-refractivity contribution is -0.383. The van der Waals surface area contributed by atoms with Crippen molar-refractivity contribution in [2.45, 2.75) is 6.92 Å². The third-order valence-electron chi connectivity index (χ3n) is 4.03. The number of aryl methyl sites for hydroxylation is 1. The van der Waals surface area contributed by atoms with E-state index in [0.29, 0.717) is 20.9 Å². The quantitative estimate of drug-likeness (QED) is 0.281. The fourth-order valence-corrected chi connectivity index (χ4v) is 3.93. The van der Waals surface area contributed by atoms with Crippen LogP contribution in [0.25, 0.3) is 10.2 Å². The minimum atomic E-state index is -0.555. The number of anilines is 4. The molecular weight excluding hydrogens is 435 g/mol. The largest absolute Gasteiger partial charge is 0.353 e. The van der Waals surface area contributed by atoms with Crippen LogP contribution in [0.15, 0.2) is 42.7 Å². The van der Waals surface area contributed by atoms with Gasteiger partial charge in [-0.15, -0.1) is 0 Å². The highest BCUT2D eigenvalue weighted by atomic mass is 35.5. The van der Waals surface area contributed by atoms with E-state index in [2.05, 4.69) is 25.6 Å². The number of para-hydroxylation sites is 1. The number of nitro groups is 1. The van der Waals surface area contributed by atoms with Gasteiger partial charge in [0.05, 0.1) is 25.2 Å². The lowest BCUT2D eigenvalue weighted by Gasteiger charge is -2.09. The monoisotopic (exact) mass is 446 g/mol. The first-order valence-corrected chi connectivity index (χ1v) is 9.84. The van der Waals surface area contributed by atoms with Gasteiger partial charge >= 0.3 is 5.69 Å². The summed E-state index contributed by atoms with van der Waals surface area (Å²) in [5.74, 6) is 0.0486. The van der Waals surface area contributed by atoms with Crippen LogP contribution in [0, 0.1) is 17.0 Å². The number of nitrogens with one attached hydrogen (secondary N) is 2. The summed E-state index contributed by atoms with van der Waals surface area (Å²) in [4.78, 5) is 23.8. The van der Waals surface area contributed by atoms with Gasteiger partial charge in [-0.1, -0.05) is 46.7 Å². The maximum atomic E-state index is 11.8. The number of aromatic nitrogens is 3. The van der Waals surface area contributed by atoms with Gasteiger partial charge in [0.1, 0.15) is 6.33 Å². The second-order valence-corrected chi connectivity index (χ2v) is 7.84. The van der Waals surface area contributed by atoms with Crippen LogP contribution in [-0.4, -0.2) is 19.9 Å². The molecule has 0 saturated carbocycles. The molecule has 8 nitrogen and oxygen atoms in total. The highest BCUT2D eigenvalue weighted by Gasteiger charge is 2.24. The van der Waals surface area contributed by atoms with Crippen LogP contribution >= 0.6 is 34.5 Å².